The first-order chi connectivity index (χ1) is 9.65. The number of aromatic nitrogens is 1. The van der Waals surface area contributed by atoms with Crippen molar-refractivity contribution < 1.29 is 9.34 Å². The predicted molar refractivity (Wildman–Crippen MR) is 73.2 cm³/mol. The summed E-state index contributed by atoms with van der Waals surface area (Å²) in [7, 11) is 0. The van der Waals surface area contributed by atoms with Crippen molar-refractivity contribution in [1.82, 2.24) is 10.3 Å². The molecule has 0 spiro atoms. The van der Waals surface area contributed by atoms with Crippen molar-refractivity contribution in [2.75, 3.05) is 0 Å². The molecule has 1 aromatic carbocycles. The highest BCUT2D eigenvalue weighted by molar-refractivity contribution is 5.72. The quantitative estimate of drug-likeness (QED) is 0.669. The molecule has 0 amide bonds. The van der Waals surface area contributed by atoms with Gasteiger partial charge in [0.25, 0.3) is 5.69 Å². The fourth-order valence-electron chi connectivity index (χ4n) is 2.15. The van der Waals surface area contributed by atoms with Gasteiger partial charge in [0.05, 0.1) is 23.2 Å². The number of nitro benzene ring substituents is 1. The fraction of sp³-hybridized carbons (Fsp3) is 0.357. The maximum atomic E-state index is 11.1. The molecule has 6 nitrogen and oxygen atoms in total. The average molecular weight is 273 g/mol. The van der Waals surface area contributed by atoms with Crippen molar-refractivity contribution in [1.29, 1.82) is 0 Å². The SMILES string of the molecule is Cc1cccc([N+](=O)[O-])c1-c1cnc(CNC2CC2)o1. The number of nitro groups is 1. The van der Waals surface area contributed by atoms with Gasteiger partial charge in [0, 0.05) is 12.1 Å². The average Bonchev–Trinajstić information content (AvgIpc) is 3.14. The molecule has 104 valence electrons. The summed E-state index contributed by atoms with van der Waals surface area (Å²) < 4.78 is 5.64. The van der Waals surface area contributed by atoms with Crippen molar-refractivity contribution >= 4 is 5.69 Å². The Morgan fingerprint density at radius 2 is 2.30 bits per heavy atom. The number of nitrogens with one attached hydrogen (secondary N) is 1. The Morgan fingerprint density at radius 1 is 1.50 bits per heavy atom. The van der Waals surface area contributed by atoms with E-state index in [9.17, 15) is 10.1 Å². The van der Waals surface area contributed by atoms with E-state index < -0.39 is 4.92 Å². The van der Waals surface area contributed by atoms with Crippen LogP contribution in [0, 0.1) is 17.0 Å². The van der Waals surface area contributed by atoms with E-state index in [-0.39, 0.29) is 5.69 Å². The van der Waals surface area contributed by atoms with E-state index in [0.29, 0.717) is 29.8 Å². The Labute approximate surface area is 116 Å². The molecule has 6 heteroatoms. The molecule has 1 aliphatic carbocycles. The van der Waals surface area contributed by atoms with Gasteiger partial charge in [-0.2, -0.15) is 0 Å². The first-order valence-electron chi connectivity index (χ1n) is 6.57. The Morgan fingerprint density at radius 3 is 3.00 bits per heavy atom. The number of nitrogens with zero attached hydrogens (tertiary/aromatic N) is 2. The van der Waals surface area contributed by atoms with E-state index in [4.69, 9.17) is 4.42 Å². The third-order valence-corrected chi connectivity index (χ3v) is 3.37. The summed E-state index contributed by atoms with van der Waals surface area (Å²) in [6, 6.07) is 5.54. The molecular formula is C14H15N3O3. The van der Waals surface area contributed by atoms with Gasteiger partial charge in [-0.1, -0.05) is 12.1 Å². The van der Waals surface area contributed by atoms with E-state index in [1.165, 1.54) is 18.9 Å². The number of hydrogen-bond acceptors (Lipinski definition) is 5. The minimum absolute atomic E-state index is 0.0443. The zero-order chi connectivity index (χ0) is 14.1. The minimum Gasteiger partial charge on any atom is -0.439 e. The molecule has 1 heterocycles. The van der Waals surface area contributed by atoms with E-state index in [1.807, 2.05) is 13.0 Å². The zero-order valence-corrected chi connectivity index (χ0v) is 11.1. The van der Waals surface area contributed by atoms with E-state index in [1.54, 1.807) is 12.3 Å². The van der Waals surface area contributed by atoms with Crippen molar-refractivity contribution in [2.45, 2.75) is 32.4 Å². The lowest BCUT2D eigenvalue weighted by Crippen LogP contribution is -2.15. The molecule has 0 radical (unpaired) electrons. The molecule has 3 rings (SSSR count). The summed E-state index contributed by atoms with van der Waals surface area (Å²) in [5.74, 6) is 1.01. The van der Waals surface area contributed by atoms with Gasteiger partial charge in [-0.15, -0.1) is 0 Å². The van der Waals surface area contributed by atoms with Crippen LogP contribution in [-0.4, -0.2) is 15.9 Å². The Balaban J connectivity index is 1.90. The van der Waals surface area contributed by atoms with Crippen LogP contribution in [0.4, 0.5) is 5.69 Å². The van der Waals surface area contributed by atoms with Crippen LogP contribution in [0.1, 0.15) is 24.3 Å². The van der Waals surface area contributed by atoms with Crippen LogP contribution in [0.2, 0.25) is 0 Å². The van der Waals surface area contributed by atoms with Gasteiger partial charge in [0.1, 0.15) is 0 Å². The Kier molecular flexibility index (Phi) is 3.23. The van der Waals surface area contributed by atoms with Gasteiger partial charge in [-0.25, -0.2) is 4.98 Å². The molecule has 0 unspecified atom stereocenters. The predicted octanol–water partition coefficient (Wildman–Crippen LogP) is 2.81. The largest absolute Gasteiger partial charge is 0.439 e. The lowest BCUT2D eigenvalue weighted by Gasteiger charge is -2.03. The Bertz CT molecular complexity index is 647. The van der Waals surface area contributed by atoms with Crippen LogP contribution in [-0.2, 0) is 6.54 Å². The summed E-state index contributed by atoms with van der Waals surface area (Å²) in [5, 5.41) is 14.4. The number of rotatable bonds is 5. The van der Waals surface area contributed by atoms with Gasteiger partial charge in [0.15, 0.2) is 5.76 Å². The highest BCUT2D eigenvalue weighted by Crippen LogP contribution is 2.33. The van der Waals surface area contributed by atoms with Crippen LogP contribution in [0.15, 0.2) is 28.8 Å². The van der Waals surface area contributed by atoms with Crippen molar-refractivity contribution in [3.63, 3.8) is 0 Å². The number of oxazole rings is 1. The van der Waals surface area contributed by atoms with E-state index >= 15 is 0 Å². The highest BCUT2D eigenvalue weighted by atomic mass is 16.6. The van der Waals surface area contributed by atoms with Crippen LogP contribution < -0.4 is 5.32 Å². The van der Waals surface area contributed by atoms with Crippen molar-refractivity contribution in [3.8, 4) is 11.3 Å². The molecule has 0 aliphatic heterocycles. The molecule has 1 aromatic heterocycles. The molecule has 0 saturated heterocycles. The standard InChI is InChI=1S/C14H15N3O3/c1-9-3-2-4-11(17(18)19)14(9)12-7-16-13(20-12)8-15-10-5-6-10/h2-4,7,10,15H,5-6,8H2,1H3. The van der Waals surface area contributed by atoms with Crippen LogP contribution in [0.3, 0.4) is 0 Å². The van der Waals surface area contributed by atoms with Gasteiger partial charge in [-0.3, -0.25) is 10.1 Å². The normalized spacial score (nSPS) is 14.4. The number of benzene rings is 1. The molecule has 1 saturated carbocycles. The number of hydrogen-bond donors (Lipinski definition) is 1. The molecule has 20 heavy (non-hydrogen) atoms. The van der Waals surface area contributed by atoms with Crippen LogP contribution >= 0.6 is 0 Å². The summed E-state index contributed by atoms with van der Waals surface area (Å²) in [6.07, 6.45) is 3.94. The van der Waals surface area contributed by atoms with Gasteiger partial charge in [0.2, 0.25) is 5.89 Å². The summed E-state index contributed by atoms with van der Waals surface area (Å²) in [4.78, 5) is 14.9. The molecule has 2 aromatic rings. The third kappa shape index (κ3) is 2.55. The lowest BCUT2D eigenvalue weighted by atomic mass is 10.1. The maximum Gasteiger partial charge on any atom is 0.280 e. The van der Waals surface area contributed by atoms with Gasteiger partial charge in [-0.05, 0) is 25.3 Å². The first kappa shape index (κ1) is 12.8. The second kappa shape index (κ2) is 5.05. The summed E-state index contributed by atoms with van der Waals surface area (Å²) in [5.41, 5.74) is 1.35. The van der Waals surface area contributed by atoms with E-state index in [0.717, 1.165) is 5.56 Å². The first-order valence-corrected chi connectivity index (χ1v) is 6.57. The topological polar surface area (TPSA) is 81.2 Å². The molecule has 0 bridgehead atoms. The Hall–Kier alpha value is -2.21. The summed E-state index contributed by atoms with van der Waals surface area (Å²) >= 11 is 0. The highest BCUT2D eigenvalue weighted by Gasteiger charge is 2.23. The van der Waals surface area contributed by atoms with Crippen LogP contribution in [0.25, 0.3) is 11.3 Å². The fourth-order valence-corrected chi connectivity index (χ4v) is 2.15. The molecular weight excluding hydrogens is 258 g/mol. The van der Waals surface area contributed by atoms with Crippen molar-refractivity contribution in [2.24, 2.45) is 0 Å². The third-order valence-electron chi connectivity index (χ3n) is 3.37. The molecule has 1 aliphatic rings. The lowest BCUT2D eigenvalue weighted by molar-refractivity contribution is -0.384. The molecule has 0 atom stereocenters. The number of aryl methyl sites for hydroxylation is 1. The van der Waals surface area contributed by atoms with Gasteiger partial charge >= 0.3 is 0 Å². The monoisotopic (exact) mass is 273 g/mol. The van der Waals surface area contributed by atoms with Crippen molar-refractivity contribution in [3.05, 3.63) is 46.0 Å². The second-order valence-corrected chi connectivity index (χ2v) is 5.00. The van der Waals surface area contributed by atoms with Gasteiger partial charge < -0.3 is 9.73 Å². The smallest absolute Gasteiger partial charge is 0.280 e. The summed E-state index contributed by atoms with van der Waals surface area (Å²) in [6.45, 7) is 2.39. The maximum absolute atomic E-state index is 11.1. The zero-order valence-electron chi connectivity index (χ0n) is 11.1. The van der Waals surface area contributed by atoms with Crippen LogP contribution in [0.5, 0.6) is 0 Å². The minimum atomic E-state index is -0.396. The molecule has 1 N–H and O–H groups in total. The van der Waals surface area contributed by atoms with E-state index in [2.05, 4.69) is 10.3 Å². The molecule has 1 fully saturated rings. The second-order valence-electron chi connectivity index (χ2n) is 5.00.